The topological polar surface area (TPSA) is 64.9 Å². The molecule has 0 spiro atoms. The molecule has 0 saturated heterocycles. The Kier molecular flexibility index (Phi) is 7.48. The van der Waals surface area contributed by atoms with E-state index in [1.165, 1.54) is 0 Å². The van der Waals surface area contributed by atoms with Gasteiger partial charge in [-0.2, -0.15) is 0 Å². The second-order valence-corrected chi connectivity index (χ2v) is 1.73. The van der Waals surface area contributed by atoms with Gasteiger partial charge in [0.1, 0.15) is 5.92 Å². The van der Waals surface area contributed by atoms with Crippen molar-refractivity contribution in [3.8, 4) is 0 Å². The number of aliphatic carboxylic acids is 1. The Bertz CT molecular complexity index is 83.0. The molecule has 0 aromatic heterocycles. The maximum absolute atomic E-state index is 10.1. The summed E-state index contributed by atoms with van der Waals surface area (Å²) in [6, 6.07) is 0. The maximum atomic E-state index is 10.1. The summed E-state index contributed by atoms with van der Waals surface area (Å²) in [4.78, 5) is 10.1. The molecule has 0 radical (unpaired) electrons. The van der Waals surface area contributed by atoms with Crippen LogP contribution in [0.25, 0.3) is 0 Å². The van der Waals surface area contributed by atoms with E-state index in [-0.39, 0.29) is 18.3 Å². The van der Waals surface area contributed by atoms with Crippen LogP contribution < -0.4 is 18.1 Å². The van der Waals surface area contributed by atoms with Crippen molar-refractivity contribution in [2.75, 3.05) is 6.54 Å². The zero-order chi connectivity index (χ0) is 6.57. The molecule has 0 aliphatic rings. The number of carbonyl (C=O) groups is 1. The summed E-state index contributed by atoms with van der Waals surface area (Å²) in [6.45, 7) is 2.34. The smallest absolute Gasteiger partial charge is 0.312 e. The SMILES string of the molecule is CC[C@@H](C[NH3+])C(=O)O.[Cl-]. The summed E-state index contributed by atoms with van der Waals surface area (Å²) in [6.07, 6.45) is 0.679. The second-order valence-electron chi connectivity index (χ2n) is 1.73. The van der Waals surface area contributed by atoms with Crippen LogP contribution in [0.15, 0.2) is 0 Å². The van der Waals surface area contributed by atoms with Gasteiger partial charge in [0.2, 0.25) is 0 Å². The normalized spacial score (nSPS) is 11.8. The molecule has 0 aromatic rings. The zero-order valence-electron chi connectivity index (χ0n) is 5.43. The van der Waals surface area contributed by atoms with Crippen molar-refractivity contribution < 1.29 is 28.0 Å². The lowest BCUT2D eigenvalue weighted by atomic mass is 10.1. The van der Waals surface area contributed by atoms with Gasteiger partial charge in [0.15, 0.2) is 0 Å². The van der Waals surface area contributed by atoms with Gasteiger partial charge in [-0.05, 0) is 6.42 Å². The monoisotopic (exact) mass is 153 g/mol. The van der Waals surface area contributed by atoms with Crippen LogP contribution >= 0.6 is 0 Å². The minimum Gasteiger partial charge on any atom is -1.00 e. The molecule has 4 N–H and O–H groups in total. The Morgan fingerprint density at radius 1 is 1.78 bits per heavy atom. The molecule has 1 atom stereocenters. The molecule has 0 aliphatic carbocycles. The minimum atomic E-state index is -0.734. The fourth-order valence-corrected chi connectivity index (χ4v) is 0.502. The highest BCUT2D eigenvalue weighted by Gasteiger charge is 2.13. The zero-order valence-corrected chi connectivity index (χ0v) is 6.19. The first-order valence-corrected chi connectivity index (χ1v) is 2.74. The van der Waals surface area contributed by atoms with Crippen LogP contribution in [-0.2, 0) is 4.79 Å². The largest absolute Gasteiger partial charge is 1.00 e. The number of hydrogen-bond acceptors (Lipinski definition) is 1. The number of halogens is 1. The lowest BCUT2D eigenvalue weighted by molar-refractivity contribution is -0.376. The number of carboxylic acid groups (broad SMARTS) is 1. The predicted octanol–water partition coefficient (Wildman–Crippen LogP) is -3.66. The summed E-state index contributed by atoms with van der Waals surface area (Å²) in [5.41, 5.74) is 3.50. The molecule has 4 heteroatoms. The number of quaternary nitrogens is 1. The molecule has 0 unspecified atom stereocenters. The van der Waals surface area contributed by atoms with Crippen LogP contribution in [0, 0.1) is 5.92 Å². The van der Waals surface area contributed by atoms with E-state index in [0.29, 0.717) is 13.0 Å². The quantitative estimate of drug-likeness (QED) is 0.439. The third-order valence-electron chi connectivity index (χ3n) is 1.19. The van der Waals surface area contributed by atoms with Crippen molar-refractivity contribution in [3.63, 3.8) is 0 Å². The summed E-state index contributed by atoms with van der Waals surface area (Å²) in [7, 11) is 0. The fraction of sp³-hybridized carbons (Fsp3) is 0.800. The van der Waals surface area contributed by atoms with Crippen LogP contribution in [0.2, 0.25) is 0 Å². The molecular weight excluding hydrogens is 142 g/mol. The lowest BCUT2D eigenvalue weighted by Gasteiger charge is -2.00. The van der Waals surface area contributed by atoms with Gasteiger partial charge in [-0.25, -0.2) is 0 Å². The molecule has 0 bridgehead atoms. The standard InChI is InChI=1S/C5H11NO2.ClH/c1-2-4(3-6)5(7)8;/h4H,2-3,6H2,1H3,(H,7,8);1H/t4-;/m0./s1. The molecular formula is C5H12ClNO2. The van der Waals surface area contributed by atoms with Crippen molar-refractivity contribution >= 4 is 5.97 Å². The molecule has 3 nitrogen and oxygen atoms in total. The first kappa shape index (κ1) is 11.5. The third kappa shape index (κ3) is 4.24. The van der Waals surface area contributed by atoms with E-state index < -0.39 is 5.97 Å². The van der Waals surface area contributed by atoms with E-state index >= 15 is 0 Å². The van der Waals surface area contributed by atoms with Crippen molar-refractivity contribution in [1.29, 1.82) is 0 Å². The van der Waals surface area contributed by atoms with Crippen LogP contribution in [0.4, 0.5) is 0 Å². The molecule has 0 aromatic carbocycles. The first-order chi connectivity index (χ1) is 3.72. The molecule has 0 amide bonds. The van der Waals surface area contributed by atoms with E-state index in [1.54, 1.807) is 0 Å². The molecule has 56 valence electrons. The summed E-state index contributed by atoms with van der Waals surface area (Å²) in [5.74, 6) is -0.975. The van der Waals surface area contributed by atoms with Crippen LogP contribution in [0.5, 0.6) is 0 Å². The third-order valence-corrected chi connectivity index (χ3v) is 1.19. The average Bonchev–Trinajstić information content (AvgIpc) is 1.69. The second kappa shape index (κ2) is 5.85. The van der Waals surface area contributed by atoms with Crippen LogP contribution in [0.1, 0.15) is 13.3 Å². The van der Waals surface area contributed by atoms with Gasteiger partial charge in [-0.1, -0.05) is 6.92 Å². The predicted molar refractivity (Wildman–Crippen MR) is 29.2 cm³/mol. The highest BCUT2D eigenvalue weighted by Crippen LogP contribution is 1.96. The maximum Gasteiger partial charge on any atom is 0.312 e. The van der Waals surface area contributed by atoms with Crippen LogP contribution in [0.3, 0.4) is 0 Å². The van der Waals surface area contributed by atoms with Crippen molar-refractivity contribution in [3.05, 3.63) is 0 Å². The highest BCUT2D eigenvalue weighted by atomic mass is 35.5. The fourth-order valence-electron chi connectivity index (χ4n) is 0.502. The lowest BCUT2D eigenvalue weighted by Crippen LogP contribution is -3.00. The van der Waals surface area contributed by atoms with Gasteiger partial charge in [-0.15, -0.1) is 0 Å². The minimum absolute atomic E-state index is 0. The number of hydrogen-bond donors (Lipinski definition) is 2. The van der Waals surface area contributed by atoms with E-state index in [2.05, 4.69) is 5.73 Å². The number of rotatable bonds is 3. The molecule has 0 heterocycles. The van der Waals surface area contributed by atoms with Gasteiger partial charge in [0, 0.05) is 0 Å². The van der Waals surface area contributed by atoms with Gasteiger partial charge in [-0.3, -0.25) is 4.79 Å². The average molecular weight is 154 g/mol. The summed E-state index contributed by atoms with van der Waals surface area (Å²) >= 11 is 0. The van der Waals surface area contributed by atoms with Gasteiger partial charge in [0.25, 0.3) is 0 Å². The van der Waals surface area contributed by atoms with Crippen molar-refractivity contribution in [2.24, 2.45) is 5.92 Å². The van der Waals surface area contributed by atoms with E-state index in [1.807, 2.05) is 6.92 Å². The molecule has 0 aliphatic heterocycles. The molecule has 0 saturated carbocycles. The van der Waals surface area contributed by atoms with E-state index in [9.17, 15) is 4.79 Å². The Morgan fingerprint density at radius 3 is 2.22 bits per heavy atom. The van der Waals surface area contributed by atoms with Crippen molar-refractivity contribution in [2.45, 2.75) is 13.3 Å². The Hall–Kier alpha value is -0.280. The van der Waals surface area contributed by atoms with Crippen LogP contribution in [-0.4, -0.2) is 17.6 Å². The van der Waals surface area contributed by atoms with E-state index in [0.717, 1.165) is 0 Å². The van der Waals surface area contributed by atoms with Gasteiger partial charge < -0.3 is 23.2 Å². The highest BCUT2D eigenvalue weighted by molar-refractivity contribution is 5.69. The molecule has 9 heavy (non-hydrogen) atoms. The summed E-state index contributed by atoms with van der Waals surface area (Å²) < 4.78 is 0. The first-order valence-electron chi connectivity index (χ1n) is 2.74. The Labute approximate surface area is 60.6 Å². The molecule has 0 rings (SSSR count). The Morgan fingerprint density at radius 2 is 2.22 bits per heavy atom. The van der Waals surface area contributed by atoms with Gasteiger partial charge >= 0.3 is 5.97 Å². The molecule has 0 fully saturated rings. The Balaban J connectivity index is 0. The van der Waals surface area contributed by atoms with E-state index in [4.69, 9.17) is 5.11 Å². The van der Waals surface area contributed by atoms with Crippen molar-refractivity contribution in [1.82, 2.24) is 0 Å². The number of carboxylic acids is 1. The van der Waals surface area contributed by atoms with Gasteiger partial charge in [0.05, 0.1) is 6.54 Å². The summed E-state index contributed by atoms with van der Waals surface area (Å²) in [5, 5.41) is 8.33.